The fraction of sp³-hybridized carbons (Fsp3) is 0.375. The molecule has 1 rings (SSSR count). The lowest BCUT2D eigenvalue weighted by molar-refractivity contribution is 0.0660. The Hall–Kier alpha value is -1.25. The third-order valence-corrected chi connectivity index (χ3v) is 1.37. The van der Waals surface area contributed by atoms with Crippen LogP contribution in [0.1, 0.15) is 29.7 Å². The summed E-state index contributed by atoms with van der Waals surface area (Å²) in [5.74, 6) is -0.245. The van der Waals surface area contributed by atoms with Crippen molar-refractivity contribution in [2.24, 2.45) is 0 Å². The first-order valence-electron chi connectivity index (χ1n) is 3.56. The molecule has 1 heterocycles. The molecule has 0 saturated heterocycles. The van der Waals surface area contributed by atoms with Crippen molar-refractivity contribution in [2.45, 2.75) is 19.8 Å². The second-order valence-electron chi connectivity index (χ2n) is 2.32. The van der Waals surface area contributed by atoms with Gasteiger partial charge in [-0.2, -0.15) is 0 Å². The van der Waals surface area contributed by atoms with Crippen molar-refractivity contribution in [3.63, 3.8) is 0 Å². The Kier molecular flexibility index (Phi) is 2.31. The molecule has 60 valence electrons. The summed E-state index contributed by atoms with van der Waals surface area (Å²) >= 11 is 0. The maximum atomic E-state index is 10.3. The molecular weight excluding hydrogens is 144 g/mol. The van der Waals surface area contributed by atoms with E-state index in [2.05, 4.69) is 0 Å². The number of hydrogen-bond acceptors (Lipinski definition) is 2. The number of carbonyl (C=O) groups is 1. The second-order valence-corrected chi connectivity index (χ2v) is 2.32. The van der Waals surface area contributed by atoms with Crippen molar-refractivity contribution < 1.29 is 14.3 Å². The van der Waals surface area contributed by atoms with E-state index in [4.69, 9.17) is 9.52 Å². The molecule has 0 spiro atoms. The minimum absolute atomic E-state index is 0.0217. The number of carboxylic acid groups (broad SMARTS) is 1. The van der Waals surface area contributed by atoms with Crippen LogP contribution in [0, 0.1) is 0 Å². The van der Waals surface area contributed by atoms with E-state index in [-0.39, 0.29) is 5.76 Å². The van der Waals surface area contributed by atoms with Crippen LogP contribution < -0.4 is 0 Å². The van der Waals surface area contributed by atoms with Crippen molar-refractivity contribution in [3.8, 4) is 0 Å². The summed E-state index contributed by atoms with van der Waals surface area (Å²) < 4.78 is 4.99. The molecule has 0 aliphatic heterocycles. The summed E-state index contributed by atoms with van der Waals surface area (Å²) in [4.78, 5) is 10.3. The van der Waals surface area contributed by atoms with Gasteiger partial charge in [0.05, 0.1) is 0 Å². The van der Waals surface area contributed by atoms with Crippen LogP contribution in [0.4, 0.5) is 0 Å². The molecular formula is C8H10O3. The van der Waals surface area contributed by atoms with Gasteiger partial charge in [0.2, 0.25) is 5.76 Å². The van der Waals surface area contributed by atoms with Gasteiger partial charge < -0.3 is 9.52 Å². The van der Waals surface area contributed by atoms with Crippen molar-refractivity contribution in [1.29, 1.82) is 0 Å². The largest absolute Gasteiger partial charge is 0.475 e. The molecule has 1 aromatic rings. The summed E-state index contributed by atoms with van der Waals surface area (Å²) in [5, 5.41) is 8.47. The van der Waals surface area contributed by atoms with Gasteiger partial charge >= 0.3 is 5.97 Å². The summed E-state index contributed by atoms with van der Waals surface area (Å²) in [5.41, 5.74) is 0. The maximum Gasteiger partial charge on any atom is 0.371 e. The maximum absolute atomic E-state index is 10.3. The summed E-state index contributed by atoms with van der Waals surface area (Å²) in [6.07, 6.45) is 1.76. The molecule has 1 aromatic heterocycles. The van der Waals surface area contributed by atoms with Crippen LogP contribution in [0.15, 0.2) is 16.5 Å². The highest BCUT2D eigenvalue weighted by atomic mass is 16.4. The molecule has 0 radical (unpaired) electrons. The van der Waals surface area contributed by atoms with Gasteiger partial charge in [-0.1, -0.05) is 6.92 Å². The van der Waals surface area contributed by atoms with Gasteiger partial charge in [0.25, 0.3) is 0 Å². The van der Waals surface area contributed by atoms with Gasteiger partial charge in [-0.05, 0) is 18.6 Å². The molecule has 0 amide bonds. The monoisotopic (exact) mass is 154 g/mol. The highest BCUT2D eigenvalue weighted by Crippen LogP contribution is 2.09. The third kappa shape index (κ3) is 1.83. The predicted molar refractivity (Wildman–Crippen MR) is 39.7 cm³/mol. The molecule has 0 unspecified atom stereocenters. The Labute approximate surface area is 64.6 Å². The van der Waals surface area contributed by atoms with Crippen LogP contribution >= 0.6 is 0 Å². The van der Waals surface area contributed by atoms with E-state index in [9.17, 15) is 4.79 Å². The number of hydrogen-bond donors (Lipinski definition) is 1. The van der Waals surface area contributed by atoms with Crippen molar-refractivity contribution in [3.05, 3.63) is 23.7 Å². The molecule has 0 aliphatic carbocycles. The Morgan fingerprint density at radius 3 is 2.82 bits per heavy atom. The van der Waals surface area contributed by atoms with E-state index >= 15 is 0 Å². The van der Waals surface area contributed by atoms with Crippen molar-refractivity contribution >= 4 is 5.97 Å². The first-order chi connectivity index (χ1) is 5.24. The minimum Gasteiger partial charge on any atom is -0.475 e. The van der Waals surface area contributed by atoms with Crippen LogP contribution in [-0.2, 0) is 6.42 Å². The van der Waals surface area contributed by atoms with E-state index in [0.717, 1.165) is 18.6 Å². The van der Waals surface area contributed by atoms with Gasteiger partial charge in [-0.15, -0.1) is 0 Å². The Morgan fingerprint density at radius 2 is 2.36 bits per heavy atom. The van der Waals surface area contributed by atoms with E-state index in [1.165, 1.54) is 6.07 Å². The van der Waals surface area contributed by atoms with Crippen LogP contribution in [0.5, 0.6) is 0 Å². The average molecular weight is 154 g/mol. The standard InChI is InChI=1S/C8H10O3/c1-2-3-6-4-5-7(11-6)8(9)10/h4-5H,2-3H2,1H3,(H,9,10). The van der Waals surface area contributed by atoms with Crippen LogP contribution in [0.25, 0.3) is 0 Å². The molecule has 0 aromatic carbocycles. The van der Waals surface area contributed by atoms with Gasteiger partial charge in [0, 0.05) is 6.42 Å². The van der Waals surface area contributed by atoms with Crippen LogP contribution in [-0.4, -0.2) is 11.1 Å². The van der Waals surface area contributed by atoms with E-state index in [1.54, 1.807) is 6.07 Å². The SMILES string of the molecule is CCCc1ccc(C(=O)O)o1. The molecule has 0 bridgehead atoms. The highest BCUT2D eigenvalue weighted by molar-refractivity contribution is 5.84. The van der Waals surface area contributed by atoms with Crippen LogP contribution in [0.2, 0.25) is 0 Å². The van der Waals surface area contributed by atoms with E-state index in [1.807, 2.05) is 6.92 Å². The zero-order chi connectivity index (χ0) is 8.27. The minimum atomic E-state index is -1.01. The normalized spacial score (nSPS) is 9.91. The molecule has 1 N–H and O–H groups in total. The van der Waals surface area contributed by atoms with Gasteiger partial charge in [0.1, 0.15) is 5.76 Å². The van der Waals surface area contributed by atoms with Gasteiger partial charge in [-0.3, -0.25) is 0 Å². The quantitative estimate of drug-likeness (QED) is 0.723. The second kappa shape index (κ2) is 3.23. The van der Waals surface area contributed by atoms with Crippen molar-refractivity contribution in [1.82, 2.24) is 0 Å². The first-order valence-corrected chi connectivity index (χ1v) is 3.56. The average Bonchev–Trinajstić information content (AvgIpc) is 2.37. The smallest absolute Gasteiger partial charge is 0.371 e. The van der Waals surface area contributed by atoms with Crippen LogP contribution in [0.3, 0.4) is 0 Å². The number of aryl methyl sites for hydroxylation is 1. The highest BCUT2D eigenvalue weighted by Gasteiger charge is 2.07. The van der Waals surface area contributed by atoms with E-state index in [0.29, 0.717) is 0 Å². The molecule has 3 heteroatoms. The lowest BCUT2D eigenvalue weighted by Crippen LogP contribution is -1.91. The molecule has 0 fully saturated rings. The number of rotatable bonds is 3. The third-order valence-electron chi connectivity index (χ3n) is 1.37. The summed E-state index contributed by atoms with van der Waals surface area (Å²) in [6.45, 7) is 2.02. The topological polar surface area (TPSA) is 50.4 Å². The Balaban J connectivity index is 2.73. The fourth-order valence-corrected chi connectivity index (χ4v) is 0.874. The molecule has 0 atom stereocenters. The predicted octanol–water partition coefficient (Wildman–Crippen LogP) is 1.93. The number of aromatic carboxylic acids is 1. The Bertz CT molecular complexity index is 250. The van der Waals surface area contributed by atoms with E-state index < -0.39 is 5.97 Å². The molecule has 11 heavy (non-hydrogen) atoms. The lowest BCUT2D eigenvalue weighted by atomic mass is 10.3. The lowest BCUT2D eigenvalue weighted by Gasteiger charge is -1.89. The van der Waals surface area contributed by atoms with Gasteiger partial charge in [-0.25, -0.2) is 4.79 Å². The molecule has 3 nitrogen and oxygen atoms in total. The molecule has 0 aliphatic rings. The summed E-state index contributed by atoms with van der Waals surface area (Å²) in [7, 11) is 0. The number of carboxylic acids is 1. The molecule has 0 saturated carbocycles. The summed E-state index contributed by atoms with van der Waals surface area (Å²) in [6, 6.07) is 3.18. The zero-order valence-corrected chi connectivity index (χ0v) is 6.33. The number of furan rings is 1. The zero-order valence-electron chi connectivity index (χ0n) is 6.33. The fourth-order valence-electron chi connectivity index (χ4n) is 0.874. The first kappa shape index (κ1) is 7.85. The van der Waals surface area contributed by atoms with Gasteiger partial charge in [0.15, 0.2) is 0 Å². The van der Waals surface area contributed by atoms with Crippen molar-refractivity contribution in [2.75, 3.05) is 0 Å². The Morgan fingerprint density at radius 1 is 1.64 bits per heavy atom.